The number of nitrogens with zero attached hydrogens (tertiary/aromatic N) is 3. The average Bonchev–Trinajstić information content (AvgIpc) is 2.68. The lowest BCUT2D eigenvalue weighted by Crippen LogP contribution is -2.68. The third-order valence-corrected chi connectivity index (χ3v) is 7.09. The van der Waals surface area contributed by atoms with Gasteiger partial charge in [-0.05, 0) is 37.7 Å². The Morgan fingerprint density at radius 3 is 2.72 bits per heavy atom. The Bertz CT molecular complexity index is 926. The van der Waals surface area contributed by atoms with Crippen LogP contribution in [0.25, 0.3) is 0 Å². The van der Waals surface area contributed by atoms with Gasteiger partial charge >= 0.3 is 12.2 Å². The van der Waals surface area contributed by atoms with Crippen molar-refractivity contribution < 1.29 is 31.9 Å². The molecule has 3 aliphatic heterocycles. The van der Waals surface area contributed by atoms with Gasteiger partial charge in [0.15, 0.2) is 0 Å². The number of alkyl halides is 3. The van der Waals surface area contributed by atoms with Gasteiger partial charge in [-0.15, -0.1) is 0 Å². The quantitative estimate of drug-likeness (QED) is 0.693. The first-order valence-corrected chi connectivity index (χ1v) is 10.8. The second-order valence-electron chi connectivity index (χ2n) is 9.53. The summed E-state index contributed by atoms with van der Waals surface area (Å²) in [6.45, 7) is 2.33. The Morgan fingerprint density at radius 2 is 2.03 bits per heavy atom. The summed E-state index contributed by atoms with van der Waals surface area (Å²) in [6, 6.07) is 0.278. The Hall–Kier alpha value is -2.43. The molecule has 1 spiro atoms. The van der Waals surface area contributed by atoms with Crippen molar-refractivity contribution in [3.8, 4) is 0 Å². The van der Waals surface area contributed by atoms with Gasteiger partial charge in [-0.2, -0.15) is 13.2 Å². The van der Waals surface area contributed by atoms with E-state index in [1.54, 1.807) is 9.80 Å². The molecule has 4 fully saturated rings. The molecular weight excluding hydrogens is 432 g/mol. The van der Waals surface area contributed by atoms with Crippen LogP contribution in [0.2, 0.25) is 0 Å². The van der Waals surface area contributed by atoms with Crippen molar-refractivity contribution >= 4 is 11.9 Å². The molecular formula is C21H24F4N4O3. The number of carbonyl (C=O) groups is 2. The normalized spacial score (nSPS) is 27.4. The van der Waals surface area contributed by atoms with E-state index < -0.39 is 17.6 Å². The van der Waals surface area contributed by atoms with Crippen molar-refractivity contribution in [1.82, 2.24) is 20.1 Å². The molecule has 1 N–H and O–H groups in total. The number of ether oxygens (including phenoxy) is 1. The average molecular weight is 456 g/mol. The smallest absolute Gasteiger partial charge is 0.366 e. The highest BCUT2D eigenvalue weighted by Gasteiger charge is 2.54. The van der Waals surface area contributed by atoms with Crippen molar-refractivity contribution in [2.24, 2.45) is 11.3 Å². The SMILES string of the molecule is O=C1CO[C@H]2CCN(C(=O)N3CC4(CC(Cc5ncc(C(F)(F)F)cc5F)C4)C3)C[C@H]2N1. The van der Waals surface area contributed by atoms with E-state index in [2.05, 4.69) is 10.3 Å². The van der Waals surface area contributed by atoms with Gasteiger partial charge in [-0.3, -0.25) is 9.78 Å². The number of piperidine rings is 1. The molecule has 1 aliphatic carbocycles. The summed E-state index contributed by atoms with van der Waals surface area (Å²) in [4.78, 5) is 31.6. The Balaban J connectivity index is 1.10. The number of rotatable bonds is 2. The minimum Gasteiger partial charge on any atom is -0.366 e. The van der Waals surface area contributed by atoms with Gasteiger partial charge in [-0.1, -0.05) is 0 Å². The Kier molecular flexibility index (Phi) is 5.06. The van der Waals surface area contributed by atoms with Crippen LogP contribution in [0, 0.1) is 17.2 Å². The van der Waals surface area contributed by atoms with Crippen molar-refractivity contribution in [1.29, 1.82) is 0 Å². The van der Waals surface area contributed by atoms with Crippen LogP contribution in [0.4, 0.5) is 22.4 Å². The van der Waals surface area contributed by atoms with Crippen LogP contribution in [-0.2, 0) is 22.1 Å². The molecule has 1 aromatic rings. The van der Waals surface area contributed by atoms with E-state index in [0.29, 0.717) is 51.3 Å². The van der Waals surface area contributed by atoms with E-state index in [1.807, 2.05) is 0 Å². The van der Waals surface area contributed by atoms with Crippen molar-refractivity contribution in [3.63, 3.8) is 0 Å². The predicted molar refractivity (Wildman–Crippen MR) is 103 cm³/mol. The van der Waals surface area contributed by atoms with Crippen LogP contribution in [0.5, 0.6) is 0 Å². The van der Waals surface area contributed by atoms with E-state index >= 15 is 0 Å². The minimum absolute atomic E-state index is 0.0171. The molecule has 174 valence electrons. The zero-order chi connectivity index (χ0) is 22.7. The van der Waals surface area contributed by atoms with Crippen LogP contribution in [0.15, 0.2) is 12.3 Å². The van der Waals surface area contributed by atoms with Crippen molar-refractivity contribution in [3.05, 3.63) is 29.3 Å². The molecule has 3 amide bonds. The van der Waals surface area contributed by atoms with Gasteiger partial charge in [0.1, 0.15) is 12.4 Å². The largest absolute Gasteiger partial charge is 0.417 e. The molecule has 0 bridgehead atoms. The van der Waals surface area contributed by atoms with E-state index in [4.69, 9.17) is 4.74 Å². The summed E-state index contributed by atoms with van der Waals surface area (Å²) in [5.41, 5.74) is -1.01. The highest BCUT2D eigenvalue weighted by molar-refractivity contribution is 5.79. The number of halogens is 4. The van der Waals surface area contributed by atoms with E-state index in [9.17, 15) is 27.2 Å². The predicted octanol–water partition coefficient (Wildman–Crippen LogP) is 2.20. The number of aromatic nitrogens is 1. The third-order valence-electron chi connectivity index (χ3n) is 7.09. The number of pyridine rings is 1. The molecule has 3 saturated heterocycles. The van der Waals surface area contributed by atoms with Gasteiger partial charge in [0.25, 0.3) is 0 Å². The molecule has 0 unspecified atom stereocenters. The maximum absolute atomic E-state index is 14.0. The molecule has 32 heavy (non-hydrogen) atoms. The topological polar surface area (TPSA) is 74.8 Å². The van der Waals surface area contributed by atoms with Crippen LogP contribution in [-0.4, -0.2) is 71.7 Å². The number of nitrogens with one attached hydrogen (secondary N) is 1. The molecule has 2 atom stereocenters. The minimum atomic E-state index is -4.61. The second kappa shape index (κ2) is 7.57. The van der Waals surface area contributed by atoms with E-state index in [-0.39, 0.29) is 47.7 Å². The number of fused-ring (bicyclic) bond motifs is 1. The number of hydrogen-bond acceptors (Lipinski definition) is 4. The molecule has 11 heteroatoms. The number of amides is 3. The number of carbonyl (C=O) groups excluding carboxylic acids is 2. The molecule has 0 aromatic carbocycles. The first kappa shape index (κ1) is 21.4. The number of urea groups is 1. The maximum Gasteiger partial charge on any atom is 0.417 e. The van der Waals surface area contributed by atoms with Crippen LogP contribution >= 0.6 is 0 Å². The fraction of sp³-hybridized carbons (Fsp3) is 0.667. The van der Waals surface area contributed by atoms with Crippen LogP contribution in [0.3, 0.4) is 0 Å². The van der Waals surface area contributed by atoms with E-state index in [1.165, 1.54) is 0 Å². The molecule has 7 nitrogen and oxygen atoms in total. The summed E-state index contributed by atoms with van der Waals surface area (Å²) in [7, 11) is 0. The highest BCUT2D eigenvalue weighted by Crippen LogP contribution is 2.53. The first-order valence-electron chi connectivity index (χ1n) is 10.8. The summed E-state index contributed by atoms with van der Waals surface area (Å²) in [5.74, 6) is -0.937. The molecule has 1 aromatic heterocycles. The van der Waals surface area contributed by atoms with Crippen molar-refractivity contribution in [2.45, 2.75) is 44.0 Å². The van der Waals surface area contributed by atoms with Crippen LogP contribution in [0.1, 0.15) is 30.5 Å². The maximum atomic E-state index is 14.0. The summed E-state index contributed by atoms with van der Waals surface area (Å²) < 4.78 is 57.6. The lowest BCUT2D eigenvalue weighted by molar-refractivity contribution is -0.140. The fourth-order valence-corrected chi connectivity index (χ4v) is 5.58. The molecule has 4 aliphatic rings. The van der Waals surface area contributed by atoms with Gasteiger partial charge < -0.3 is 19.9 Å². The number of likely N-dealkylation sites (tertiary alicyclic amines) is 2. The lowest BCUT2D eigenvalue weighted by Gasteiger charge is -2.60. The first-order chi connectivity index (χ1) is 15.1. The second-order valence-corrected chi connectivity index (χ2v) is 9.53. The van der Waals surface area contributed by atoms with Gasteiger partial charge in [-0.25, -0.2) is 9.18 Å². The Labute approximate surface area is 182 Å². The fourth-order valence-electron chi connectivity index (χ4n) is 5.58. The van der Waals surface area contributed by atoms with Crippen LogP contribution < -0.4 is 5.32 Å². The van der Waals surface area contributed by atoms with Gasteiger partial charge in [0.05, 0.1) is 23.4 Å². The van der Waals surface area contributed by atoms with E-state index in [0.717, 1.165) is 12.8 Å². The number of hydrogen-bond donors (Lipinski definition) is 1. The molecule has 4 heterocycles. The third kappa shape index (κ3) is 3.91. The zero-order valence-electron chi connectivity index (χ0n) is 17.3. The van der Waals surface area contributed by atoms with Crippen molar-refractivity contribution in [2.75, 3.05) is 32.8 Å². The standard InChI is InChI=1S/C21H24F4N4O3/c22-14-4-13(21(23,24)25)7-26-15(14)3-12-5-20(6-12)10-29(11-20)19(31)28-2-1-17-16(8-28)27-18(30)9-32-17/h4,7,12,16-17H,1-3,5-6,8-11H2,(H,27,30)/t16-,17+/m1/s1. The Morgan fingerprint density at radius 1 is 1.28 bits per heavy atom. The molecule has 5 rings (SSSR count). The zero-order valence-corrected chi connectivity index (χ0v) is 17.3. The summed E-state index contributed by atoms with van der Waals surface area (Å²) >= 11 is 0. The monoisotopic (exact) mass is 456 g/mol. The van der Waals surface area contributed by atoms with Gasteiger partial charge in [0.2, 0.25) is 5.91 Å². The van der Waals surface area contributed by atoms with Gasteiger partial charge in [0, 0.05) is 37.8 Å². The summed E-state index contributed by atoms with van der Waals surface area (Å²) in [5, 5.41) is 2.89. The number of morpholine rings is 1. The highest BCUT2D eigenvalue weighted by atomic mass is 19.4. The molecule has 0 radical (unpaired) electrons. The lowest BCUT2D eigenvalue weighted by atomic mass is 9.57. The summed E-state index contributed by atoms with van der Waals surface area (Å²) in [6.07, 6.45) is -1.40. The molecule has 1 saturated carbocycles.